The van der Waals surface area contributed by atoms with Crippen molar-refractivity contribution in [3.05, 3.63) is 95.6 Å². The van der Waals surface area contributed by atoms with Gasteiger partial charge in [-0.3, -0.25) is 4.79 Å². The Morgan fingerprint density at radius 1 is 0.974 bits per heavy atom. The van der Waals surface area contributed by atoms with Gasteiger partial charge < -0.3 is 14.7 Å². The van der Waals surface area contributed by atoms with Crippen LogP contribution < -0.4 is 9.64 Å². The zero-order valence-corrected chi connectivity index (χ0v) is 21.5. The van der Waals surface area contributed by atoms with Gasteiger partial charge in [0.15, 0.2) is 0 Å². The highest BCUT2D eigenvalue weighted by atomic mass is 19.4. The summed E-state index contributed by atoms with van der Waals surface area (Å²) in [6.07, 6.45) is -5.04. The Balaban J connectivity index is 1.77. The van der Waals surface area contributed by atoms with Crippen molar-refractivity contribution >= 4 is 11.6 Å². The fourth-order valence-electron chi connectivity index (χ4n) is 4.94. The first-order chi connectivity index (χ1) is 17.8. The molecule has 1 heterocycles. The number of alkyl halides is 4. The number of carbonyl (C=O) groups is 1. The third kappa shape index (κ3) is 5.27. The quantitative estimate of drug-likeness (QED) is 0.361. The largest absolute Gasteiger partial charge is 0.489 e. The molecule has 0 aromatic heterocycles. The first-order valence-corrected chi connectivity index (χ1v) is 12.5. The number of nitrogens with zero attached hydrogens (tertiary/aromatic N) is 1. The number of carbonyl (C=O) groups excluding carboxylic acids is 1. The van der Waals surface area contributed by atoms with Crippen LogP contribution in [-0.2, 0) is 16.8 Å². The van der Waals surface area contributed by atoms with Gasteiger partial charge in [-0.1, -0.05) is 60.7 Å². The molecule has 1 N–H and O–H groups in total. The van der Waals surface area contributed by atoms with Gasteiger partial charge in [-0.15, -0.1) is 0 Å². The fourth-order valence-corrected chi connectivity index (χ4v) is 4.94. The first kappa shape index (κ1) is 27.6. The number of ether oxygens (including phenoxy) is 1. The number of hydrogen-bond donors (Lipinski definition) is 1. The minimum Gasteiger partial charge on any atom is -0.489 e. The summed E-state index contributed by atoms with van der Waals surface area (Å²) in [4.78, 5) is 15.3. The number of aryl methyl sites for hydroxylation is 1. The van der Waals surface area contributed by atoms with E-state index in [2.05, 4.69) is 0 Å². The highest BCUT2D eigenvalue weighted by Crippen LogP contribution is 2.49. The summed E-state index contributed by atoms with van der Waals surface area (Å²) in [6, 6.07) is 21.9. The molecule has 0 fully saturated rings. The Morgan fingerprint density at radius 3 is 2.16 bits per heavy atom. The number of para-hydroxylation sites is 1. The molecule has 1 amide bonds. The molecule has 3 atom stereocenters. The maximum absolute atomic E-state index is 14.9. The van der Waals surface area contributed by atoms with E-state index in [0.29, 0.717) is 37.3 Å². The number of fused-ring (bicyclic) bond motifs is 1. The summed E-state index contributed by atoms with van der Waals surface area (Å²) >= 11 is 0. The van der Waals surface area contributed by atoms with Gasteiger partial charge >= 0.3 is 6.18 Å². The third-order valence-corrected chi connectivity index (χ3v) is 7.16. The van der Waals surface area contributed by atoms with Crippen LogP contribution in [-0.4, -0.2) is 35.5 Å². The summed E-state index contributed by atoms with van der Waals surface area (Å²) in [7, 11) is 0. The number of halogens is 4. The Labute approximate surface area is 219 Å². The SMILES string of the molecule is C[C@H](C(=O)N1C[C@@H](Oc2ccccc2)CCc2cc(C(O)(C(C)(C)F)C(F)(F)F)ccc21)c1ccccc1. The summed E-state index contributed by atoms with van der Waals surface area (Å²) in [5.74, 6) is -0.167. The molecule has 0 saturated carbocycles. The summed E-state index contributed by atoms with van der Waals surface area (Å²) in [6.45, 7) is 3.35. The number of benzene rings is 3. The minimum atomic E-state index is -5.26. The molecule has 1 aliphatic heterocycles. The van der Waals surface area contributed by atoms with E-state index in [1.165, 1.54) is 17.0 Å². The van der Waals surface area contributed by atoms with Crippen LogP contribution >= 0.6 is 0 Å². The Bertz CT molecular complexity index is 1240. The average Bonchev–Trinajstić information content (AvgIpc) is 3.06. The molecule has 202 valence electrons. The van der Waals surface area contributed by atoms with E-state index >= 15 is 0 Å². The number of hydrogen-bond acceptors (Lipinski definition) is 3. The molecule has 0 bridgehead atoms. The normalized spacial score (nSPS) is 18.6. The summed E-state index contributed by atoms with van der Waals surface area (Å²) in [5, 5.41) is 10.7. The smallest absolute Gasteiger partial charge is 0.424 e. The van der Waals surface area contributed by atoms with Crippen LogP contribution in [0.2, 0.25) is 0 Å². The van der Waals surface area contributed by atoms with Crippen molar-refractivity contribution in [3.8, 4) is 5.75 Å². The molecule has 4 nitrogen and oxygen atoms in total. The molecule has 0 radical (unpaired) electrons. The van der Waals surface area contributed by atoms with Crippen LogP contribution in [0.5, 0.6) is 5.75 Å². The van der Waals surface area contributed by atoms with E-state index in [0.717, 1.165) is 11.6 Å². The number of anilines is 1. The minimum absolute atomic E-state index is 0.176. The molecule has 38 heavy (non-hydrogen) atoms. The lowest BCUT2D eigenvalue weighted by Crippen LogP contribution is -2.55. The number of aliphatic hydroxyl groups is 1. The zero-order valence-electron chi connectivity index (χ0n) is 21.5. The summed E-state index contributed by atoms with van der Waals surface area (Å²) < 4.78 is 63.1. The van der Waals surface area contributed by atoms with Gasteiger partial charge in [-0.25, -0.2) is 4.39 Å². The van der Waals surface area contributed by atoms with Gasteiger partial charge in [-0.05, 0) is 68.5 Å². The highest BCUT2D eigenvalue weighted by Gasteiger charge is 2.64. The van der Waals surface area contributed by atoms with Gasteiger partial charge in [-0.2, -0.15) is 13.2 Å². The number of amides is 1. The average molecular weight is 530 g/mol. The van der Waals surface area contributed by atoms with Gasteiger partial charge in [0.05, 0.1) is 12.5 Å². The Kier molecular flexibility index (Phi) is 7.57. The molecule has 1 unspecified atom stereocenters. The molecular weight excluding hydrogens is 498 g/mol. The van der Waals surface area contributed by atoms with E-state index in [-0.39, 0.29) is 18.9 Å². The van der Waals surface area contributed by atoms with Crippen LogP contribution in [0.15, 0.2) is 78.9 Å². The van der Waals surface area contributed by atoms with E-state index in [1.807, 2.05) is 48.5 Å². The lowest BCUT2D eigenvalue weighted by Gasteiger charge is -2.39. The van der Waals surface area contributed by atoms with Gasteiger partial charge in [0.1, 0.15) is 17.5 Å². The molecule has 0 saturated heterocycles. The lowest BCUT2D eigenvalue weighted by atomic mass is 9.79. The van der Waals surface area contributed by atoms with Crippen LogP contribution in [0.4, 0.5) is 23.2 Å². The standard InChI is InChI=1S/C30H31F4NO3/c1-20(21-10-6-4-7-11-21)27(36)35-19-25(38-24-12-8-5-9-13-24)16-14-22-18-23(15-17-26(22)35)29(37,28(2,3)31)30(32,33)34/h4-13,15,17-18,20,25,37H,14,16,19H2,1-3H3/t20-,25-,29?/m0/s1. The maximum atomic E-state index is 14.9. The molecule has 3 aromatic carbocycles. The van der Waals surface area contributed by atoms with Crippen LogP contribution in [0.3, 0.4) is 0 Å². The first-order valence-electron chi connectivity index (χ1n) is 12.5. The van der Waals surface area contributed by atoms with Crippen molar-refractivity contribution in [1.29, 1.82) is 0 Å². The van der Waals surface area contributed by atoms with E-state index < -0.39 is 35.0 Å². The second-order valence-corrected chi connectivity index (χ2v) is 10.2. The third-order valence-electron chi connectivity index (χ3n) is 7.16. The second-order valence-electron chi connectivity index (χ2n) is 10.2. The topological polar surface area (TPSA) is 49.8 Å². The van der Waals surface area contributed by atoms with Crippen molar-refractivity contribution in [2.75, 3.05) is 11.4 Å². The molecule has 8 heteroatoms. The van der Waals surface area contributed by atoms with Crippen molar-refractivity contribution in [2.24, 2.45) is 0 Å². The van der Waals surface area contributed by atoms with Gasteiger partial charge in [0.25, 0.3) is 0 Å². The van der Waals surface area contributed by atoms with Crippen LogP contribution in [0, 0.1) is 0 Å². The second kappa shape index (κ2) is 10.4. The summed E-state index contributed by atoms with van der Waals surface area (Å²) in [5.41, 5.74) is -5.73. The van der Waals surface area contributed by atoms with Gasteiger partial charge in [0.2, 0.25) is 11.5 Å². The Morgan fingerprint density at radius 2 is 1.58 bits per heavy atom. The Hall–Kier alpha value is -3.39. The molecular formula is C30H31F4NO3. The van der Waals surface area contributed by atoms with E-state index in [9.17, 15) is 27.5 Å². The predicted molar refractivity (Wildman–Crippen MR) is 138 cm³/mol. The van der Waals surface area contributed by atoms with E-state index in [4.69, 9.17) is 4.74 Å². The fraction of sp³-hybridized carbons (Fsp3) is 0.367. The number of rotatable bonds is 6. The molecule has 1 aliphatic rings. The highest BCUT2D eigenvalue weighted by molar-refractivity contribution is 5.98. The molecule has 0 spiro atoms. The van der Waals surface area contributed by atoms with Crippen LogP contribution in [0.25, 0.3) is 0 Å². The van der Waals surface area contributed by atoms with Crippen molar-refractivity contribution in [3.63, 3.8) is 0 Å². The maximum Gasteiger partial charge on any atom is 0.424 e. The molecule has 3 aromatic rings. The lowest BCUT2D eigenvalue weighted by molar-refractivity contribution is -0.305. The van der Waals surface area contributed by atoms with Crippen molar-refractivity contribution in [2.45, 2.75) is 63.1 Å². The van der Waals surface area contributed by atoms with Crippen LogP contribution in [0.1, 0.15) is 49.8 Å². The monoisotopic (exact) mass is 529 g/mol. The molecule has 0 aliphatic carbocycles. The predicted octanol–water partition coefficient (Wildman–Crippen LogP) is 6.72. The van der Waals surface area contributed by atoms with Crippen molar-refractivity contribution in [1.82, 2.24) is 0 Å². The zero-order chi connectivity index (χ0) is 27.7. The van der Waals surface area contributed by atoms with E-state index in [1.54, 1.807) is 19.1 Å². The molecule has 4 rings (SSSR count). The van der Waals surface area contributed by atoms with Gasteiger partial charge in [0, 0.05) is 5.69 Å². The van der Waals surface area contributed by atoms with Crippen molar-refractivity contribution < 1.29 is 32.2 Å².